The fourth-order valence-electron chi connectivity index (χ4n) is 3.40. The number of piperazine rings is 1. The molecule has 0 aliphatic carbocycles. The van der Waals surface area contributed by atoms with Crippen LogP contribution in [-0.2, 0) is 9.47 Å². The Morgan fingerprint density at radius 3 is 2.39 bits per heavy atom. The van der Waals surface area contributed by atoms with Crippen molar-refractivity contribution in [3.05, 3.63) is 29.8 Å². The lowest BCUT2D eigenvalue weighted by Gasteiger charge is -2.37. The molecule has 9 heteroatoms. The van der Waals surface area contributed by atoms with Crippen LogP contribution in [0.15, 0.2) is 24.3 Å². The van der Waals surface area contributed by atoms with Crippen molar-refractivity contribution in [1.29, 1.82) is 0 Å². The summed E-state index contributed by atoms with van der Waals surface area (Å²) in [6, 6.07) is 6.91. The summed E-state index contributed by atoms with van der Waals surface area (Å²) >= 11 is 0. The van der Waals surface area contributed by atoms with Crippen molar-refractivity contribution >= 4 is 28.7 Å². The zero-order valence-electron chi connectivity index (χ0n) is 18.4. The topological polar surface area (TPSA) is 101 Å². The number of carboxylic acids is 1. The number of carbonyl (C=O) groups is 2. The van der Waals surface area contributed by atoms with Crippen molar-refractivity contribution in [3.8, 4) is 5.88 Å². The maximum absolute atomic E-state index is 12.3. The van der Waals surface area contributed by atoms with Gasteiger partial charge in [0, 0.05) is 50.4 Å². The molecule has 168 valence electrons. The first-order valence-corrected chi connectivity index (χ1v) is 10.2. The summed E-state index contributed by atoms with van der Waals surface area (Å²) in [6.07, 6.45) is -0.322. The normalized spacial score (nSPS) is 14.6. The predicted octanol–water partition coefficient (Wildman–Crippen LogP) is 3.02. The molecule has 1 aliphatic rings. The minimum atomic E-state index is -1.05. The van der Waals surface area contributed by atoms with Gasteiger partial charge in [0.05, 0.1) is 17.7 Å². The zero-order valence-corrected chi connectivity index (χ0v) is 18.4. The van der Waals surface area contributed by atoms with Crippen LogP contribution in [0.1, 0.15) is 31.1 Å². The Bertz CT molecular complexity index is 948. The van der Waals surface area contributed by atoms with Gasteiger partial charge in [-0.3, -0.25) is 0 Å². The molecule has 1 N–H and O–H groups in total. The van der Waals surface area contributed by atoms with Gasteiger partial charge < -0.3 is 29.1 Å². The first-order chi connectivity index (χ1) is 14.7. The third kappa shape index (κ3) is 5.55. The van der Waals surface area contributed by atoms with E-state index in [-0.39, 0.29) is 11.7 Å². The van der Waals surface area contributed by atoms with Crippen LogP contribution in [0.2, 0.25) is 0 Å². The third-order valence-corrected chi connectivity index (χ3v) is 4.85. The van der Waals surface area contributed by atoms with Crippen LogP contribution >= 0.6 is 0 Å². The maximum atomic E-state index is 12.3. The van der Waals surface area contributed by atoms with Gasteiger partial charge in [0.2, 0.25) is 5.88 Å². The second-order valence-corrected chi connectivity index (χ2v) is 8.28. The number of anilines is 1. The number of nitrogens with zero attached hydrogens (tertiary/aromatic N) is 3. The molecule has 3 rings (SSSR count). The summed E-state index contributed by atoms with van der Waals surface area (Å²) < 4.78 is 16.0. The second kappa shape index (κ2) is 9.38. The molecule has 0 unspecified atom stereocenters. The van der Waals surface area contributed by atoms with Crippen LogP contribution in [0.4, 0.5) is 10.5 Å². The molecule has 1 fully saturated rings. The quantitative estimate of drug-likeness (QED) is 0.697. The Morgan fingerprint density at radius 2 is 1.77 bits per heavy atom. The van der Waals surface area contributed by atoms with E-state index in [1.54, 1.807) is 30.2 Å². The number of hydrogen-bond donors (Lipinski definition) is 1. The van der Waals surface area contributed by atoms with Crippen molar-refractivity contribution in [3.63, 3.8) is 0 Å². The van der Waals surface area contributed by atoms with Gasteiger partial charge in [0.25, 0.3) is 0 Å². The van der Waals surface area contributed by atoms with Crippen LogP contribution < -0.4 is 9.64 Å². The van der Waals surface area contributed by atoms with Crippen molar-refractivity contribution in [2.45, 2.75) is 26.4 Å². The van der Waals surface area contributed by atoms with Gasteiger partial charge in [-0.2, -0.15) is 0 Å². The lowest BCUT2D eigenvalue weighted by molar-refractivity contribution is 0.0240. The molecule has 2 aromatic rings. The molecule has 1 saturated heterocycles. The van der Waals surface area contributed by atoms with Crippen molar-refractivity contribution in [2.75, 3.05) is 51.4 Å². The number of methoxy groups -OCH3 is 1. The average molecular weight is 431 g/mol. The lowest BCUT2D eigenvalue weighted by atomic mass is 10.1. The number of aromatic carboxylic acids is 1. The summed E-state index contributed by atoms with van der Waals surface area (Å²) in [4.78, 5) is 32.3. The Labute approximate surface area is 181 Å². The summed E-state index contributed by atoms with van der Waals surface area (Å²) in [6.45, 7) is 8.51. The Morgan fingerprint density at radius 1 is 1.06 bits per heavy atom. The monoisotopic (exact) mass is 431 g/mol. The van der Waals surface area contributed by atoms with E-state index >= 15 is 0 Å². The Kier molecular flexibility index (Phi) is 6.84. The number of fused-ring (bicyclic) bond motifs is 1. The fourth-order valence-corrected chi connectivity index (χ4v) is 3.40. The van der Waals surface area contributed by atoms with Crippen molar-refractivity contribution < 1.29 is 28.9 Å². The number of ether oxygens (including phenoxy) is 3. The highest BCUT2D eigenvalue weighted by Crippen LogP contribution is 2.31. The molecule has 9 nitrogen and oxygen atoms in total. The van der Waals surface area contributed by atoms with Crippen molar-refractivity contribution in [2.24, 2.45) is 0 Å². The van der Waals surface area contributed by atoms with Crippen LogP contribution in [0.5, 0.6) is 5.88 Å². The van der Waals surface area contributed by atoms with Gasteiger partial charge in [-0.05, 0) is 39.0 Å². The number of pyridine rings is 1. The summed E-state index contributed by atoms with van der Waals surface area (Å²) in [5.41, 5.74) is 0.823. The van der Waals surface area contributed by atoms with Crippen molar-refractivity contribution in [1.82, 2.24) is 9.88 Å². The van der Waals surface area contributed by atoms with E-state index in [4.69, 9.17) is 14.2 Å². The molecular formula is C22H29N3O6. The number of benzene rings is 1. The van der Waals surface area contributed by atoms with E-state index in [9.17, 15) is 14.7 Å². The predicted molar refractivity (Wildman–Crippen MR) is 116 cm³/mol. The minimum absolute atomic E-state index is 0.114. The SMILES string of the molecule is COCCOc1ccc2c(N3CCN(C(=O)OC(C)(C)C)CC3)ccc(C(=O)O)c2n1. The zero-order chi connectivity index (χ0) is 22.6. The molecular weight excluding hydrogens is 402 g/mol. The molecule has 0 spiro atoms. The van der Waals surface area contributed by atoms with Crippen LogP contribution in [0, 0.1) is 0 Å². The number of amides is 1. The molecule has 1 amide bonds. The maximum Gasteiger partial charge on any atom is 0.410 e. The summed E-state index contributed by atoms with van der Waals surface area (Å²) in [7, 11) is 1.58. The van der Waals surface area contributed by atoms with Crippen LogP contribution in [0.3, 0.4) is 0 Å². The number of rotatable bonds is 6. The molecule has 1 aromatic carbocycles. The van der Waals surface area contributed by atoms with E-state index in [2.05, 4.69) is 9.88 Å². The van der Waals surface area contributed by atoms with E-state index in [1.807, 2.05) is 26.8 Å². The number of carboxylic acid groups (broad SMARTS) is 1. The van der Waals surface area contributed by atoms with Crippen LogP contribution in [0.25, 0.3) is 10.9 Å². The molecule has 2 heterocycles. The molecule has 31 heavy (non-hydrogen) atoms. The molecule has 0 bridgehead atoms. The highest BCUT2D eigenvalue weighted by Gasteiger charge is 2.27. The first-order valence-electron chi connectivity index (χ1n) is 10.2. The third-order valence-electron chi connectivity index (χ3n) is 4.85. The van der Waals surface area contributed by atoms with Crippen LogP contribution in [-0.4, -0.2) is 79.2 Å². The molecule has 0 atom stereocenters. The van der Waals surface area contributed by atoms with Gasteiger partial charge in [0.15, 0.2) is 0 Å². The van der Waals surface area contributed by atoms with Gasteiger partial charge in [-0.15, -0.1) is 0 Å². The Balaban J connectivity index is 1.82. The number of aromatic nitrogens is 1. The summed E-state index contributed by atoms with van der Waals surface area (Å²) in [5.74, 6) is -0.702. The average Bonchev–Trinajstić information content (AvgIpc) is 2.72. The van der Waals surface area contributed by atoms with E-state index < -0.39 is 11.6 Å². The standard InChI is InChI=1S/C22H29N3O6/c1-22(2,3)31-21(28)25-11-9-24(10-12-25)17-7-5-16(20(26)27)19-15(17)6-8-18(23-19)30-14-13-29-4/h5-8H,9-14H2,1-4H3,(H,26,27). The lowest BCUT2D eigenvalue weighted by Crippen LogP contribution is -2.50. The Hall–Kier alpha value is -3.07. The minimum Gasteiger partial charge on any atom is -0.478 e. The van der Waals surface area contributed by atoms with Gasteiger partial charge in [-0.1, -0.05) is 0 Å². The van der Waals surface area contributed by atoms with Gasteiger partial charge in [0.1, 0.15) is 12.2 Å². The van der Waals surface area contributed by atoms with E-state index in [0.29, 0.717) is 50.8 Å². The number of carbonyl (C=O) groups excluding carboxylic acids is 1. The summed E-state index contributed by atoms with van der Waals surface area (Å²) in [5, 5.41) is 10.3. The van der Waals surface area contributed by atoms with E-state index in [1.165, 1.54) is 0 Å². The van der Waals surface area contributed by atoms with E-state index in [0.717, 1.165) is 11.1 Å². The molecule has 1 aliphatic heterocycles. The first kappa shape index (κ1) is 22.6. The molecule has 0 radical (unpaired) electrons. The van der Waals surface area contributed by atoms with Gasteiger partial charge in [-0.25, -0.2) is 14.6 Å². The fraction of sp³-hybridized carbons (Fsp3) is 0.500. The molecule has 1 aromatic heterocycles. The molecule has 0 saturated carbocycles. The second-order valence-electron chi connectivity index (χ2n) is 8.28. The number of hydrogen-bond acceptors (Lipinski definition) is 7. The largest absolute Gasteiger partial charge is 0.478 e. The highest BCUT2D eigenvalue weighted by atomic mass is 16.6. The smallest absolute Gasteiger partial charge is 0.410 e. The van der Waals surface area contributed by atoms with Gasteiger partial charge >= 0.3 is 12.1 Å². The highest BCUT2D eigenvalue weighted by molar-refractivity contribution is 6.06.